The number of amides is 2. The van der Waals surface area contributed by atoms with Gasteiger partial charge in [0, 0.05) is 0 Å². The van der Waals surface area contributed by atoms with Crippen molar-refractivity contribution in [3.63, 3.8) is 0 Å². The van der Waals surface area contributed by atoms with Crippen LogP contribution in [0.4, 0.5) is 18.0 Å². The number of carbonyl (C=O) groups is 2. The number of benzene rings is 3. The van der Waals surface area contributed by atoms with E-state index in [2.05, 4.69) is 96.5 Å². The lowest BCUT2D eigenvalue weighted by Gasteiger charge is -2.27. The van der Waals surface area contributed by atoms with Crippen molar-refractivity contribution in [2.75, 3.05) is 12.8 Å². The van der Waals surface area contributed by atoms with Crippen LogP contribution in [0.2, 0.25) is 0 Å². The summed E-state index contributed by atoms with van der Waals surface area (Å²) in [7, 11) is -1.68. The highest BCUT2D eigenvalue weighted by atomic mass is 31.2. The van der Waals surface area contributed by atoms with Crippen molar-refractivity contribution in [2.45, 2.75) is 70.4 Å². The van der Waals surface area contributed by atoms with E-state index in [4.69, 9.17) is 20.5 Å². The summed E-state index contributed by atoms with van der Waals surface area (Å²) in [6, 6.07) is 33.0. The fraction of sp³-hybridized carbons (Fsp3) is 0.394. The molecule has 3 rings (SSSR count). The fourth-order valence-electron chi connectivity index (χ4n) is 4.94. The summed E-state index contributed by atoms with van der Waals surface area (Å²) in [5.74, 6) is -3.01. The maximum atomic E-state index is 10.5. The molecule has 0 fully saturated rings. The van der Waals surface area contributed by atoms with Crippen molar-refractivity contribution in [3.05, 3.63) is 91.0 Å². The average Bonchev–Trinajstić information content (AvgIpc) is 3.00. The van der Waals surface area contributed by atoms with Gasteiger partial charge in [0.1, 0.15) is 29.1 Å². The number of urea groups is 1. The monoisotopic (exact) mass is 618 g/mol. The van der Waals surface area contributed by atoms with Crippen LogP contribution in [0.25, 0.3) is 0 Å². The minimum absolute atomic E-state index is 0.530. The Bertz CT molecular complexity index is 1090. The normalized spacial score (nSPS) is 11.3. The van der Waals surface area contributed by atoms with Crippen LogP contribution in [0.3, 0.4) is 0 Å². The zero-order valence-electron chi connectivity index (χ0n) is 24.4. The third kappa shape index (κ3) is 13.2. The summed E-state index contributed by atoms with van der Waals surface area (Å²) in [6.45, 7) is 0.530. The summed E-state index contributed by atoms with van der Waals surface area (Å²) in [6.07, 6.45) is 8.39. The number of primary amides is 1. The fourth-order valence-corrected chi connectivity index (χ4v) is 9.35. The number of rotatable bonds is 17. The molecule has 0 aromatic heterocycles. The Kier molecular flexibility index (Phi) is 16.4. The number of aliphatic carboxylic acids is 1. The molecule has 234 valence electrons. The molecule has 2 amide bonds. The summed E-state index contributed by atoms with van der Waals surface area (Å²) in [5.41, 5.74) is 7.12. The molecule has 0 heterocycles. The van der Waals surface area contributed by atoms with E-state index in [9.17, 15) is 18.0 Å². The number of alkyl halides is 3. The van der Waals surface area contributed by atoms with Gasteiger partial charge in [-0.3, -0.25) is 4.84 Å². The highest BCUT2D eigenvalue weighted by Gasteiger charge is 2.44. The van der Waals surface area contributed by atoms with Gasteiger partial charge in [-0.2, -0.15) is 13.2 Å². The highest BCUT2D eigenvalue weighted by molar-refractivity contribution is 7.95. The van der Waals surface area contributed by atoms with Crippen LogP contribution in [0.15, 0.2) is 91.0 Å². The van der Waals surface area contributed by atoms with Gasteiger partial charge in [0.05, 0.1) is 12.8 Å². The zero-order chi connectivity index (χ0) is 31.4. The summed E-state index contributed by atoms with van der Waals surface area (Å²) >= 11 is 0. The molecule has 3 aromatic rings. The SMILES string of the molecule is NC(=O)NOCCCCCCCCCCCC[P+](c1ccccc1)(c1ccccc1)c1ccccc1.O=C([O-])C(F)(F)F. The second-order valence-corrected chi connectivity index (χ2v) is 13.8. The molecule has 0 aliphatic rings. The Morgan fingerprint density at radius 2 is 0.977 bits per heavy atom. The highest BCUT2D eigenvalue weighted by Crippen LogP contribution is 2.56. The maximum absolute atomic E-state index is 10.5. The van der Waals surface area contributed by atoms with Gasteiger partial charge in [0.15, 0.2) is 0 Å². The van der Waals surface area contributed by atoms with E-state index in [1.54, 1.807) is 0 Å². The van der Waals surface area contributed by atoms with Crippen molar-refractivity contribution in [2.24, 2.45) is 5.73 Å². The predicted octanol–water partition coefficient (Wildman–Crippen LogP) is 5.78. The van der Waals surface area contributed by atoms with Crippen LogP contribution >= 0.6 is 7.26 Å². The first-order valence-corrected chi connectivity index (χ1v) is 16.7. The van der Waals surface area contributed by atoms with Crippen molar-refractivity contribution in [3.8, 4) is 0 Å². The molecule has 10 heteroatoms. The number of nitrogens with two attached hydrogens (primary N) is 1. The van der Waals surface area contributed by atoms with Crippen LogP contribution in [0.1, 0.15) is 64.2 Å². The molecule has 0 unspecified atom stereocenters. The van der Waals surface area contributed by atoms with E-state index in [0.717, 1.165) is 12.8 Å². The molecule has 6 nitrogen and oxygen atoms in total. The first-order chi connectivity index (χ1) is 20.7. The molecule has 0 bridgehead atoms. The van der Waals surface area contributed by atoms with Crippen molar-refractivity contribution >= 4 is 35.2 Å². The van der Waals surface area contributed by atoms with Gasteiger partial charge in [-0.1, -0.05) is 99.5 Å². The number of hydroxylamine groups is 1. The van der Waals surface area contributed by atoms with Gasteiger partial charge < -0.3 is 15.6 Å². The molecular weight excluding hydrogens is 576 g/mol. The number of carboxylic acid groups (broad SMARTS) is 1. The Morgan fingerprint density at radius 1 is 0.651 bits per heavy atom. The first-order valence-electron chi connectivity index (χ1n) is 14.7. The predicted molar refractivity (Wildman–Crippen MR) is 166 cm³/mol. The molecule has 0 radical (unpaired) electrons. The molecule has 0 spiro atoms. The van der Waals surface area contributed by atoms with Gasteiger partial charge in [0.25, 0.3) is 0 Å². The number of carbonyl (C=O) groups excluding carboxylic acids is 2. The quantitative estimate of drug-likeness (QED) is 0.114. The lowest BCUT2D eigenvalue weighted by molar-refractivity contribution is -0.344. The third-order valence-electron chi connectivity index (χ3n) is 6.99. The average molecular weight is 619 g/mol. The number of hydrogen-bond donors (Lipinski definition) is 2. The standard InChI is InChI=1S/C31H41N2O2P.C2HF3O2/c32-31(34)33-35-26-18-7-5-3-1-2-4-6-8-19-27-36(28-20-12-9-13-21-28,29-22-14-10-15-23-29)30-24-16-11-17-25-30;3-2(4,5)1(6)7/h9-17,20-25H,1-8,18-19,26-27H2,(H2-,32,33,34);(H,6,7). The number of nitrogens with one attached hydrogen (secondary N) is 1. The van der Waals surface area contributed by atoms with Crippen LogP contribution in [0, 0.1) is 0 Å². The van der Waals surface area contributed by atoms with E-state index in [0.29, 0.717) is 6.61 Å². The topological polar surface area (TPSA) is 104 Å². The molecule has 0 saturated heterocycles. The molecule has 3 aromatic carbocycles. The molecule has 43 heavy (non-hydrogen) atoms. The number of unbranched alkanes of at least 4 members (excludes halogenated alkanes) is 9. The third-order valence-corrected chi connectivity index (χ3v) is 11.5. The minimum Gasteiger partial charge on any atom is -0.542 e. The lowest BCUT2D eigenvalue weighted by atomic mass is 10.1. The van der Waals surface area contributed by atoms with Gasteiger partial charge >= 0.3 is 12.2 Å². The molecule has 0 saturated carbocycles. The molecule has 0 atom stereocenters. The van der Waals surface area contributed by atoms with Crippen molar-refractivity contribution < 1.29 is 32.7 Å². The second kappa shape index (κ2) is 19.7. The van der Waals surface area contributed by atoms with E-state index < -0.39 is 25.4 Å². The van der Waals surface area contributed by atoms with Gasteiger partial charge in [-0.05, 0) is 55.7 Å². The molecular formula is C33H42F3N2O4P. The van der Waals surface area contributed by atoms with Crippen molar-refractivity contribution in [1.29, 1.82) is 0 Å². The van der Waals surface area contributed by atoms with Gasteiger partial charge in [-0.15, -0.1) is 0 Å². The summed E-state index contributed by atoms with van der Waals surface area (Å²) < 4.78 is 31.5. The summed E-state index contributed by atoms with van der Waals surface area (Å²) in [4.78, 5) is 24.3. The van der Waals surface area contributed by atoms with Crippen LogP contribution in [-0.4, -0.2) is 30.9 Å². The van der Waals surface area contributed by atoms with Crippen molar-refractivity contribution in [1.82, 2.24) is 5.48 Å². The molecule has 3 N–H and O–H groups in total. The lowest BCUT2D eigenvalue weighted by Crippen LogP contribution is -2.37. The van der Waals surface area contributed by atoms with E-state index >= 15 is 0 Å². The van der Waals surface area contributed by atoms with E-state index in [-0.39, 0.29) is 0 Å². The van der Waals surface area contributed by atoms with Crippen LogP contribution in [-0.2, 0) is 9.63 Å². The van der Waals surface area contributed by atoms with Crippen LogP contribution in [0.5, 0.6) is 0 Å². The minimum atomic E-state index is -5.19. The van der Waals surface area contributed by atoms with E-state index in [1.165, 1.54) is 73.4 Å². The van der Waals surface area contributed by atoms with Gasteiger partial charge in [0.2, 0.25) is 0 Å². The Labute approximate surface area is 253 Å². The Balaban J connectivity index is 0.000000821. The zero-order valence-corrected chi connectivity index (χ0v) is 25.3. The number of hydrogen-bond acceptors (Lipinski definition) is 4. The molecule has 0 aliphatic heterocycles. The van der Waals surface area contributed by atoms with Gasteiger partial charge in [-0.25, -0.2) is 10.3 Å². The largest absolute Gasteiger partial charge is 0.542 e. The Hall–Kier alpha value is -3.42. The van der Waals surface area contributed by atoms with E-state index in [1.807, 2.05) is 0 Å². The second-order valence-electron chi connectivity index (χ2n) is 10.2. The molecule has 0 aliphatic carbocycles. The van der Waals surface area contributed by atoms with Crippen LogP contribution < -0.4 is 32.2 Å². The summed E-state index contributed by atoms with van der Waals surface area (Å²) in [5, 5.41) is 13.2. The Morgan fingerprint density at radius 3 is 1.30 bits per heavy atom. The smallest absolute Gasteiger partial charge is 0.430 e. The maximum Gasteiger partial charge on any atom is 0.430 e. The number of halogens is 3. The first kappa shape index (κ1) is 35.8. The number of carboxylic acids is 1.